The van der Waals surface area contributed by atoms with Crippen LogP contribution in [0.15, 0.2) is 63.7 Å². The normalized spacial score (nSPS) is 11.8. The molecule has 0 amide bonds. The highest BCUT2D eigenvalue weighted by molar-refractivity contribution is 7.85. The van der Waals surface area contributed by atoms with Crippen molar-refractivity contribution in [3.8, 4) is 5.75 Å². The molecule has 0 fully saturated rings. The van der Waals surface area contributed by atoms with Gasteiger partial charge in [-0.1, -0.05) is 51.9 Å². The van der Waals surface area contributed by atoms with E-state index in [0.29, 0.717) is 11.4 Å². The largest absolute Gasteiger partial charge is 0.494 e. The molecule has 0 aliphatic heterocycles. The molecule has 0 aromatic heterocycles. The molecule has 7 heteroatoms. The van der Waals surface area contributed by atoms with Gasteiger partial charge in [-0.05, 0) is 55.0 Å². The molecule has 0 unspecified atom stereocenters. The standard InChI is InChI=1S/C22H30N2O4S/c1-2-3-4-5-6-7-8-9-18-28-21-14-10-19(11-15-21)23-24-20-12-16-22(17-13-20)29(25,26)27/h10-17H,2-9,18H2,1H3,(H,25,26,27). The molecular weight excluding hydrogens is 388 g/mol. The zero-order valence-electron chi connectivity index (χ0n) is 17.0. The van der Waals surface area contributed by atoms with Crippen molar-refractivity contribution in [2.45, 2.75) is 63.2 Å². The molecule has 0 bridgehead atoms. The van der Waals surface area contributed by atoms with Crippen molar-refractivity contribution in [2.24, 2.45) is 10.2 Å². The van der Waals surface area contributed by atoms with Gasteiger partial charge in [0.15, 0.2) is 0 Å². The molecule has 1 N–H and O–H groups in total. The first-order valence-electron chi connectivity index (χ1n) is 10.2. The molecular formula is C22H30N2O4S. The second-order valence-corrected chi connectivity index (χ2v) is 8.41. The minimum atomic E-state index is -4.20. The highest BCUT2D eigenvalue weighted by Crippen LogP contribution is 2.22. The lowest BCUT2D eigenvalue weighted by Gasteiger charge is -2.06. The van der Waals surface area contributed by atoms with Gasteiger partial charge >= 0.3 is 0 Å². The van der Waals surface area contributed by atoms with Gasteiger partial charge in [0.05, 0.1) is 22.9 Å². The zero-order valence-corrected chi connectivity index (χ0v) is 17.8. The highest BCUT2D eigenvalue weighted by Gasteiger charge is 2.08. The molecule has 2 rings (SSSR count). The molecule has 29 heavy (non-hydrogen) atoms. The Kier molecular flexibility index (Phi) is 9.80. The summed E-state index contributed by atoms with van der Waals surface area (Å²) in [5.74, 6) is 0.810. The van der Waals surface area contributed by atoms with Gasteiger partial charge in [-0.2, -0.15) is 18.6 Å². The Labute approximate surface area is 173 Å². The Morgan fingerprint density at radius 1 is 0.759 bits per heavy atom. The molecule has 0 aliphatic carbocycles. The van der Waals surface area contributed by atoms with E-state index in [4.69, 9.17) is 9.29 Å². The highest BCUT2D eigenvalue weighted by atomic mass is 32.2. The summed E-state index contributed by atoms with van der Waals surface area (Å²) in [6, 6.07) is 12.9. The van der Waals surface area contributed by atoms with Crippen LogP contribution in [0, 0.1) is 0 Å². The number of benzene rings is 2. The van der Waals surface area contributed by atoms with E-state index in [-0.39, 0.29) is 4.90 Å². The van der Waals surface area contributed by atoms with Gasteiger partial charge in [0, 0.05) is 0 Å². The second-order valence-electron chi connectivity index (χ2n) is 6.99. The summed E-state index contributed by atoms with van der Waals surface area (Å²) in [6.07, 6.45) is 10.2. The van der Waals surface area contributed by atoms with E-state index in [1.54, 1.807) is 0 Å². The van der Waals surface area contributed by atoms with E-state index < -0.39 is 10.1 Å². The first kappa shape index (κ1) is 23.0. The van der Waals surface area contributed by atoms with Crippen LogP contribution in [-0.4, -0.2) is 19.6 Å². The Bertz CT molecular complexity index is 847. The maximum Gasteiger partial charge on any atom is 0.294 e. The fraction of sp³-hybridized carbons (Fsp3) is 0.455. The molecule has 2 aromatic rings. The smallest absolute Gasteiger partial charge is 0.294 e. The van der Waals surface area contributed by atoms with Gasteiger partial charge in [-0.25, -0.2) is 0 Å². The van der Waals surface area contributed by atoms with Gasteiger partial charge in [-0.15, -0.1) is 0 Å². The van der Waals surface area contributed by atoms with Crippen LogP contribution in [0.2, 0.25) is 0 Å². The lowest BCUT2D eigenvalue weighted by molar-refractivity contribution is 0.304. The Balaban J connectivity index is 1.70. The van der Waals surface area contributed by atoms with Gasteiger partial charge in [-0.3, -0.25) is 4.55 Å². The van der Waals surface area contributed by atoms with Crippen LogP contribution in [-0.2, 0) is 10.1 Å². The van der Waals surface area contributed by atoms with Crippen LogP contribution in [0.5, 0.6) is 5.75 Å². The van der Waals surface area contributed by atoms with Crippen LogP contribution >= 0.6 is 0 Å². The first-order valence-corrected chi connectivity index (χ1v) is 11.6. The topological polar surface area (TPSA) is 88.3 Å². The third-order valence-electron chi connectivity index (χ3n) is 4.52. The summed E-state index contributed by atoms with van der Waals surface area (Å²) in [5, 5.41) is 8.18. The molecule has 0 saturated carbocycles. The Morgan fingerprint density at radius 3 is 1.76 bits per heavy atom. The minimum absolute atomic E-state index is 0.172. The van der Waals surface area contributed by atoms with Crippen LogP contribution in [0.4, 0.5) is 11.4 Å². The minimum Gasteiger partial charge on any atom is -0.494 e. The van der Waals surface area contributed by atoms with Gasteiger partial charge < -0.3 is 4.74 Å². The molecule has 0 aliphatic rings. The van der Waals surface area contributed by atoms with Crippen molar-refractivity contribution in [1.82, 2.24) is 0 Å². The van der Waals surface area contributed by atoms with Crippen LogP contribution < -0.4 is 4.74 Å². The summed E-state index contributed by atoms with van der Waals surface area (Å²) < 4.78 is 36.8. The first-order chi connectivity index (χ1) is 14.0. The fourth-order valence-corrected chi connectivity index (χ4v) is 3.32. The lowest BCUT2D eigenvalue weighted by Crippen LogP contribution is -1.96. The lowest BCUT2D eigenvalue weighted by atomic mass is 10.1. The number of hydrogen-bond donors (Lipinski definition) is 1. The molecule has 2 aromatic carbocycles. The molecule has 0 saturated heterocycles. The monoisotopic (exact) mass is 418 g/mol. The van der Waals surface area contributed by atoms with Crippen molar-refractivity contribution in [1.29, 1.82) is 0 Å². The Morgan fingerprint density at radius 2 is 1.24 bits per heavy atom. The molecule has 158 valence electrons. The van der Waals surface area contributed by atoms with E-state index in [2.05, 4.69) is 17.2 Å². The molecule has 0 radical (unpaired) electrons. The quantitative estimate of drug-likeness (QED) is 0.218. The zero-order chi connectivity index (χ0) is 21.0. The van der Waals surface area contributed by atoms with E-state index in [1.807, 2.05) is 24.3 Å². The third-order valence-corrected chi connectivity index (χ3v) is 5.39. The van der Waals surface area contributed by atoms with E-state index in [0.717, 1.165) is 18.8 Å². The second kappa shape index (κ2) is 12.3. The van der Waals surface area contributed by atoms with Crippen molar-refractivity contribution >= 4 is 21.5 Å². The maximum atomic E-state index is 11.0. The van der Waals surface area contributed by atoms with Gasteiger partial charge in [0.2, 0.25) is 0 Å². The van der Waals surface area contributed by atoms with E-state index in [1.165, 1.54) is 69.2 Å². The van der Waals surface area contributed by atoms with Crippen molar-refractivity contribution in [2.75, 3.05) is 6.61 Å². The number of nitrogens with zero attached hydrogens (tertiary/aromatic N) is 2. The summed E-state index contributed by atoms with van der Waals surface area (Å²) in [7, 11) is -4.20. The van der Waals surface area contributed by atoms with Crippen molar-refractivity contribution in [3.63, 3.8) is 0 Å². The predicted molar refractivity (Wildman–Crippen MR) is 115 cm³/mol. The summed E-state index contributed by atoms with van der Waals surface area (Å²) in [5.41, 5.74) is 1.16. The van der Waals surface area contributed by atoms with Gasteiger partial charge in [0.25, 0.3) is 10.1 Å². The molecule has 0 spiro atoms. The SMILES string of the molecule is CCCCCCCCCCOc1ccc(N=Nc2ccc(S(=O)(=O)O)cc2)cc1. The van der Waals surface area contributed by atoms with Gasteiger partial charge in [0.1, 0.15) is 5.75 Å². The fourth-order valence-electron chi connectivity index (χ4n) is 2.84. The number of azo groups is 1. The Hall–Kier alpha value is -2.25. The average molecular weight is 419 g/mol. The molecule has 0 atom stereocenters. The average Bonchev–Trinajstić information content (AvgIpc) is 2.71. The predicted octanol–water partition coefficient (Wildman–Crippen LogP) is 6.87. The van der Waals surface area contributed by atoms with E-state index in [9.17, 15) is 8.42 Å². The summed E-state index contributed by atoms with van der Waals surface area (Å²) >= 11 is 0. The number of hydrogen-bond acceptors (Lipinski definition) is 5. The summed E-state index contributed by atoms with van der Waals surface area (Å²) in [6.45, 7) is 2.95. The van der Waals surface area contributed by atoms with Crippen LogP contribution in [0.1, 0.15) is 58.3 Å². The molecule has 0 heterocycles. The molecule has 6 nitrogen and oxygen atoms in total. The third kappa shape index (κ3) is 9.19. The van der Waals surface area contributed by atoms with Crippen LogP contribution in [0.3, 0.4) is 0 Å². The number of rotatable bonds is 13. The van der Waals surface area contributed by atoms with Crippen molar-refractivity contribution < 1.29 is 17.7 Å². The van der Waals surface area contributed by atoms with Crippen LogP contribution in [0.25, 0.3) is 0 Å². The number of ether oxygens (including phenoxy) is 1. The number of unbranched alkanes of at least 4 members (excludes halogenated alkanes) is 7. The maximum absolute atomic E-state index is 11.0. The summed E-state index contributed by atoms with van der Waals surface area (Å²) in [4.78, 5) is -0.172. The van der Waals surface area contributed by atoms with E-state index >= 15 is 0 Å². The van der Waals surface area contributed by atoms with Crippen molar-refractivity contribution in [3.05, 3.63) is 48.5 Å².